The molecule has 9 aromatic rings. The first-order valence-corrected chi connectivity index (χ1v) is 21.1. The van der Waals surface area contributed by atoms with E-state index < -0.39 is 0 Å². The van der Waals surface area contributed by atoms with Crippen molar-refractivity contribution >= 4 is 62.2 Å². The zero-order chi connectivity index (χ0) is 46.5. The summed E-state index contributed by atoms with van der Waals surface area (Å²) >= 11 is 0. The Morgan fingerprint density at radius 3 is 0.866 bits per heavy atom. The number of hydrogen-bond donors (Lipinski definition) is 1. The Labute approximate surface area is 429 Å². The number of ketones is 6. The largest absolute Gasteiger partial charge is 0.398 e. The van der Waals surface area contributed by atoms with Gasteiger partial charge < -0.3 is 5.73 Å². The normalized spacial score (nSPS) is 9.97. The van der Waals surface area contributed by atoms with Gasteiger partial charge in [-0.15, -0.1) is 0 Å². The fourth-order valence-electron chi connectivity index (χ4n) is 6.60. The second kappa shape index (κ2) is 26.7. The van der Waals surface area contributed by atoms with Crippen LogP contribution < -0.4 is 5.73 Å². The van der Waals surface area contributed by atoms with Gasteiger partial charge in [-0.25, -0.2) is 0 Å². The van der Waals surface area contributed by atoms with E-state index in [1.165, 1.54) is 0 Å². The van der Waals surface area contributed by atoms with Crippen molar-refractivity contribution in [3.8, 4) is 0 Å². The van der Waals surface area contributed by atoms with Crippen molar-refractivity contribution in [2.24, 2.45) is 0 Å². The minimum atomic E-state index is -0.139. The minimum Gasteiger partial charge on any atom is -0.398 e. The molecule has 0 spiro atoms. The maximum absolute atomic E-state index is 11.8. The molecule has 1 radical (unpaired) electrons. The molecule has 2 aromatic heterocycles. The molecule has 2 N–H and O–H groups in total. The number of hydrogen-bond acceptors (Lipinski definition) is 9. The number of nitrogens with two attached hydrogens (primary N) is 1. The number of Topliss-reactive ketones (excluding diaryl/α,β-unsaturated/α-hetero) is 6. The zero-order valence-corrected chi connectivity index (χ0v) is 38.7. The summed E-state index contributed by atoms with van der Waals surface area (Å²) in [4.78, 5) is 79.5. The van der Waals surface area contributed by atoms with Crippen molar-refractivity contribution in [1.82, 2.24) is 9.97 Å². The number of nitrogens with zero attached hydrogens (tertiary/aromatic N) is 2. The third-order valence-corrected chi connectivity index (χ3v) is 10.0. The van der Waals surface area contributed by atoms with Gasteiger partial charge in [-0.2, -0.15) is 0 Å². The summed E-state index contributed by atoms with van der Waals surface area (Å²) < 4.78 is 0. The van der Waals surface area contributed by atoms with Crippen LogP contribution in [0.25, 0.3) is 21.8 Å². The predicted molar refractivity (Wildman–Crippen MR) is 260 cm³/mol. The van der Waals surface area contributed by atoms with Gasteiger partial charge in [0.2, 0.25) is 0 Å². The molecular formula is C57H45EuN3O6. The smallest absolute Gasteiger partial charge is 0.170 e. The molecule has 0 aliphatic heterocycles. The molecule has 331 valence electrons. The van der Waals surface area contributed by atoms with Gasteiger partial charge in [0.25, 0.3) is 0 Å². The number of pyridine rings is 2. The van der Waals surface area contributed by atoms with Crippen LogP contribution in [-0.4, -0.2) is 44.7 Å². The summed E-state index contributed by atoms with van der Waals surface area (Å²) in [7, 11) is 0. The summed E-state index contributed by atoms with van der Waals surface area (Å²) in [6, 6.07) is 62.9. The Balaban J connectivity index is 0.000000166. The molecular weight excluding hydrogens is 975 g/mol. The maximum Gasteiger partial charge on any atom is 0.170 e. The van der Waals surface area contributed by atoms with Gasteiger partial charge in [-0.1, -0.05) is 188 Å². The Bertz CT molecular complexity index is 2660. The van der Waals surface area contributed by atoms with Crippen molar-refractivity contribution in [2.75, 3.05) is 5.73 Å². The first-order valence-electron chi connectivity index (χ1n) is 21.1. The fraction of sp³-hybridized carbons (Fsp3) is 0.0526. The number of aromatic nitrogens is 2. The molecule has 0 amide bonds. The number of anilines is 1. The van der Waals surface area contributed by atoms with Crippen LogP contribution >= 0.6 is 0 Å². The van der Waals surface area contributed by atoms with E-state index in [1.807, 2.05) is 66.7 Å². The van der Waals surface area contributed by atoms with Gasteiger partial charge in [0.1, 0.15) is 0 Å². The number of carbonyl (C=O) groups is 6. The van der Waals surface area contributed by atoms with Crippen LogP contribution in [0.3, 0.4) is 0 Å². The molecule has 67 heavy (non-hydrogen) atoms. The number of carbonyl (C=O) groups excluding carboxylic acids is 6. The van der Waals surface area contributed by atoms with E-state index in [9.17, 15) is 28.8 Å². The van der Waals surface area contributed by atoms with E-state index in [2.05, 4.69) is 9.97 Å². The SMILES string of the molecule is Nc1cc2cccnc2c2ncccc12.O=C(CC(=O)c1ccccc1)c1ccccc1.O=C(CC(=O)c1ccccc1)c1ccccc1.O=C(CC(=O)c1ccccc1)c1ccccc1.[Eu]. The van der Waals surface area contributed by atoms with Crippen LogP contribution in [0.15, 0.2) is 225 Å². The Morgan fingerprint density at radius 2 is 0.582 bits per heavy atom. The molecule has 10 heteroatoms. The minimum absolute atomic E-state index is 0. The zero-order valence-electron chi connectivity index (χ0n) is 36.3. The Kier molecular flexibility index (Phi) is 20.2. The van der Waals surface area contributed by atoms with E-state index in [-0.39, 0.29) is 103 Å². The molecule has 0 unspecified atom stereocenters. The van der Waals surface area contributed by atoms with Gasteiger partial charge in [0.05, 0.1) is 30.3 Å². The first kappa shape index (κ1) is 50.8. The van der Waals surface area contributed by atoms with Gasteiger partial charge in [-0.05, 0) is 24.3 Å². The first-order chi connectivity index (χ1) is 32.2. The van der Waals surface area contributed by atoms with Crippen molar-refractivity contribution in [3.63, 3.8) is 0 Å². The van der Waals surface area contributed by atoms with Gasteiger partial charge >= 0.3 is 0 Å². The monoisotopic (exact) mass is 1020 g/mol. The molecule has 0 bridgehead atoms. The van der Waals surface area contributed by atoms with Crippen molar-refractivity contribution < 1.29 is 78.1 Å². The van der Waals surface area contributed by atoms with Crippen LogP contribution in [0, 0.1) is 49.4 Å². The molecule has 0 saturated heterocycles. The van der Waals surface area contributed by atoms with E-state index >= 15 is 0 Å². The van der Waals surface area contributed by atoms with Crippen molar-refractivity contribution in [1.29, 1.82) is 0 Å². The third kappa shape index (κ3) is 15.4. The number of benzene rings is 7. The molecule has 0 saturated carbocycles. The molecule has 0 aliphatic carbocycles. The molecule has 9 nitrogen and oxygen atoms in total. The topological polar surface area (TPSA) is 154 Å². The standard InChI is InChI=1S/3C15H12O2.C12H9N3.Eu/c3*16-14(12-7-3-1-4-8-12)11-15(17)13-9-5-2-6-10-13;13-10-7-8-3-1-5-14-11(8)12-9(10)4-2-6-15-12;/h3*1-10H,11H2;1-7H,13H2;. The van der Waals surface area contributed by atoms with Crippen molar-refractivity contribution in [2.45, 2.75) is 19.3 Å². The second-order valence-corrected chi connectivity index (χ2v) is 14.7. The second-order valence-electron chi connectivity index (χ2n) is 14.7. The third-order valence-electron chi connectivity index (χ3n) is 10.0. The van der Waals surface area contributed by atoms with Crippen molar-refractivity contribution in [3.05, 3.63) is 258 Å². The van der Waals surface area contributed by atoms with Gasteiger partial charge in [-0.3, -0.25) is 38.7 Å². The molecule has 2 heterocycles. The van der Waals surface area contributed by atoms with Crippen LogP contribution in [0.1, 0.15) is 81.4 Å². The van der Waals surface area contributed by atoms with Gasteiger partial charge in [0.15, 0.2) is 34.7 Å². The summed E-state index contributed by atoms with van der Waals surface area (Å²) in [6.07, 6.45) is 3.30. The Hall–Kier alpha value is -7.24. The quantitative estimate of drug-likeness (QED) is 0.0545. The van der Waals surface area contributed by atoms with E-state index in [1.54, 1.807) is 158 Å². The molecule has 7 aromatic carbocycles. The predicted octanol–water partition coefficient (Wildman–Crippen LogP) is 11.8. The molecule has 0 aliphatic rings. The molecule has 0 atom stereocenters. The summed E-state index contributed by atoms with van der Waals surface area (Å²) in [5, 5.41) is 1.99. The molecule has 0 fully saturated rings. The maximum atomic E-state index is 11.8. The van der Waals surface area contributed by atoms with E-state index in [0.717, 1.165) is 27.5 Å². The van der Waals surface area contributed by atoms with Crippen LogP contribution in [0.2, 0.25) is 0 Å². The van der Waals surface area contributed by atoms with E-state index in [0.29, 0.717) is 33.4 Å². The average Bonchev–Trinajstić information content (AvgIpc) is 3.38. The number of rotatable bonds is 12. The fourth-order valence-corrected chi connectivity index (χ4v) is 6.60. The number of nitrogen functional groups attached to an aromatic ring is 1. The van der Waals surface area contributed by atoms with E-state index in [4.69, 9.17) is 5.73 Å². The summed E-state index contributed by atoms with van der Waals surface area (Å²) in [6.45, 7) is 0. The molecule has 9 rings (SSSR count). The summed E-state index contributed by atoms with van der Waals surface area (Å²) in [5.41, 5.74) is 12.0. The summed E-state index contributed by atoms with van der Waals surface area (Å²) in [5.74, 6) is -0.836. The van der Waals surface area contributed by atoms with Crippen LogP contribution in [0.4, 0.5) is 5.69 Å². The Morgan fingerprint density at radius 1 is 0.328 bits per heavy atom. The van der Waals surface area contributed by atoms with Crippen LogP contribution in [0.5, 0.6) is 0 Å². The number of fused-ring (bicyclic) bond motifs is 3. The average molecular weight is 1020 g/mol. The van der Waals surface area contributed by atoms with Crippen LogP contribution in [-0.2, 0) is 0 Å². The van der Waals surface area contributed by atoms with Gasteiger partial charge in [0, 0.05) is 112 Å².